The molecule has 2 aromatic carbocycles. The molecule has 0 aliphatic rings. The third-order valence-electron chi connectivity index (χ3n) is 4.55. The molecule has 0 unspecified atom stereocenters. The Labute approximate surface area is 181 Å². The van der Waals surface area contributed by atoms with Crippen LogP contribution in [0.2, 0.25) is 0 Å². The number of methoxy groups -OCH3 is 1. The standard InChI is InChI=1S/C22H23N3O5S/c1-15-7-9-19(31(27,28)23-2)12-20(15)22(26)25-14-16-8-10-21(24-13-16)30-18-6-4-5-17(11-18)29-3/h4-13,23H,14H2,1-3H3,(H,25,26). The summed E-state index contributed by atoms with van der Waals surface area (Å²) in [5.74, 6) is 1.31. The number of carbonyl (C=O) groups excluding carboxylic acids is 1. The van der Waals surface area contributed by atoms with Crippen LogP contribution in [-0.2, 0) is 16.6 Å². The quantitative estimate of drug-likeness (QED) is 0.557. The highest BCUT2D eigenvalue weighted by atomic mass is 32.2. The molecule has 0 aliphatic heterocycles. The van der Waals surface area contributed by atoms with Crippen LogP contribution in [0.3, 0.4) is 0 Å². The number of ether oxygens (including phenoxy) is 2. The van der Waals surface area contributed by atoms with Crippen LogP contribution in [-0.4, -0.2) is 33.5 Å². The zero-order valence-electron chi connectivity index (χ0n) is 17.4. The fraction of sp³-hybridized carbons (Fsp3) is 0.182. The monoisotopic (exact) mass is 441 g/mol. The predicted octanol–water partition coefficient (Wildman–Crippen LogP) is 3.03. The number of hydrogen-bond donors (Lipinski definition) is 2. The molecule has 162 valence electrons. The first-order valence-corrected chi connectivity index (χ1v) is 10.9. The predicted molar refractivity (Wildman–Crippen MR) is 116 cm³/mol. The van der Waals surface area contributed by atoms with E-state index < -0.39 is 10.0 Å². The van der Waals surface area contributed by atoms with E-state index in [1.54, 1.807) is 50.6 Å². The molecular formula is C22H23N3O5S. The third-order valence-corrected chi connectivity index (χ3v) is 5.96. The minimum absolute atomic E-state index is 0.0338. The van der Waals surface area contributed by atoms with Gasteiger partial charge in [-0.05, 0) is 49.4 Å². The van der Waals surface area contributed by atoms with Gasteiger partial charge in [-0.15, -0.1) is 0 Å². The van der Waals surface area contributed by atoms with Gasteiger partial charge in [0, 0.05) is 30.4 Å². The fourth-order valence-corrected chi connectivity index (χ4v) is 3.53. The highest BCUT2D eigenvalue weighted by molar-refractivity contribution is 7.89. The van der Waals surface area contributed by atoms with Crippen molar-refractivity contribution in [3.8, 4) is 17.4 Å². The lowest BCUT2D eigenvalue weighted by molar-refractivity contribution is 0.0950. The molecule has 2 N–H and O–H groups in total. The molecular weight excluding hydrogens is 418 g/mol. The van der Waals surface area contributed by atoms with Crippen LogP contribution in [0.1, 0.15) is 21.5 Å². The van der Waals surface area contributed by atoms with Gasteiger partial charge in [0.25, 0.3) is 5.91 Å². The van der Waals surface area contributed by atoms with Gasteiger partial charge < -0.3 is 14.8 Å². The summed E-state index contributed by atoms with van der Waals surface area (Å²) in [4.78, 5) is 16.9. The number of sulfonamides is 1. The van der Waals surface area contributed by atoms with Crippen molar-refractivity contribution >= 4 is 15.9 Å². The van der Waals surface area contributed by atoms with Crippen molar-refractivity contribution in [1.82, 2.24) is 15.0 Å². The summed E-state index contributed by atoms with van der Waals surface area (Å²) in [5.41, 5.74) is 1.73. The Balaban J connectivity index is 1.65. The Hall–Kier alpha value is -3.43. The Kier molecular flexibility index (Phi) is 6.88. The summed E-state index contributed by atoms with van der Waals surface area (Å²) in [5, 5.41) is 2.79. The van der Waals surface area contributed by atoms with Gasteiger partial charge in [-0.2, -0.15) is 0 Å². The van der Waals surface area contributed by atoms with E-state index in [0.29, 0.717) is 28.5 Å². The molecule has 0 saturated carbocycles. The molecule has 31 heavy (non-hydrogen) atoms. The van der Waals surface area contributed by atoms with Gasteiger partial charge in [0.15, 0.2) is 0 Å². The van der Waals surface area contributed by atoms with Crippen molar-refractivity contribution < 1.29 is 22.7 Å². The Bertz CT molecular complexity index is 1180. The van der Waals surface area contributed by atoms with Crippen molar-refractivity contribution in [3.05, 3.63) is 77.5 Å². The number of aryl methyl sites for hydroxylation is 1. The molecule has 1 heterocycles. The second-order valence-corrected chi connectivity index (χ2v) is 8.54. The minimum Gasteiger partial charge on any atom is -0.497 e. The molecule has 0 spiro atoms. The summed E-state index contributed by atoms with van der Waals surface area (Å²) in [7, 11) is -0.731. The zero-order valence-corrected chi connectivity index (χ0v) is 18.2. The highest BCUT2D eigenvalue weighted by Gasteiger charge is 2.16. The molecule has 9 heteroatoms. The SMILES string of the molecule is CNS(=O)(=O)c1ccc(C)c(C(=O)NCc2ccc(Oc3cccc(OC)c3)nc2)c1. The first-order valence-electron chi connectivity index (χ1n) is 9.41. The van der Waals surface area contributed by atoms with Gasteiger partial charge in [0.05, 0.1) is 12.0 Å². The summed E-state index contributed by atoms with van der Waals surface area (Å²) < 4.78 is 37.1. The maximum absolute atomic E-state index is 12.6. The summed E-state index contributed by atoms with van der Waals surface area (Å²) in [6.07, 6.45) is 1.60. The van der Waals surface area contributed by atoms with Crippen LogP contribution in [0, 0.1) is 6.92 Å². The number of benzene rings is 2. The molecule has 0 aliphatic carbocycles. The van der Waals surface area contributed by atoms with E-state index in [4.69, 9.17) is 9.47 Å². The van der Waals surface area contributed by atoms with Crippen LogP contribution in [0.15, 0.2) is 65.7 Å². The van der Waals surface area contributed by atoms with Gasteiger partial charge in [0.1, 0.15) is 11.5 Å². The van der Waals surface area contributed by atoms with E-state index in [2.05, 4.69) is 15.0 Å². The van der Waals surface area contributed by atoms with Gasteiger partial charge >= 0.3 is 0 Å². The Morgan fingerprint density at radius 1 is 1.06 bits per heavy atom. The molecule has 0 radical (unpaired) electrons. The van der Waals surface area contributed by atoms with Crippen LogP contribution in [0.25, 0.3) is 0 Å². The lowest BCUT2D eigenvalue weighted by atomic mass is 10.1. The third kappa shape index (κ3) is 5.59. The van der Waals surface area contributed by atoms with Crippen molar-refractivity contribution in [2.45, 2.75) is 18.4 Å². The molecule has 1 aromatic heterocycles. The number of hydrogen-bond acceptors (Lipinski definition) is 6. The second kappa shape index (κ2) is 9.59. The van der Waals surface area contributed by atoms with E-state index in [1.807, 2.05) is 12.1 Å². The van der Waals surface area contributed by atoms with Gasteiger partial charge in [-0.1, -0.05) is 18.2 Å². The average molecular weight is 442 g/mol. The fourth-order valence-electron chi connectivity index (χ4n) is 2.77. The summed E-state index contributed by atoms with van der Waals surface area (Å²) >= 11 is 0. The molecule has 3 aromatic rings. The van der Waals surface area contributed by atoms with E-state index in [0.717, 1.165) is 5.56 Å². The number of amides is 1. The second-order valence-electron chi connectivity index (χ2n) is 6.65. The normalized spacial score (nSPS) is 11.1. The number of nitrogens with one attached hydrogen (secondary N) is 2. The van der Waals surface area contributed by atoms with Crippen LogP contribution < -0.4 is 19.5 Å². The van der Waals surface area contributed by atoms with E-state index in [1.165, 1.54) is 19.2 Å². The van der Waals surface area contributed by atoms with E-state index in [9.17, 15) is 13.2 Å². The molecule has 1 amide bonds. The molecule has 8 nitrogen and oxygen atoms in total. The Morgan fingerprint density at radius 2 is 1.84 bits per heavy atom. The molecule has 0 atom stereocenters. The molecule has 0 bridgehead atoms. The molecule has 0 fully saturated rings. The average Bonchev–Trinajstić information content (AvgIpc) is 2.78. The summed E-state index contributed by atoms with van der Waals surface area (Å²) in [6, 6.07) is 15.1. The van der Waals surface area contributed by atoms with Crippen molar-refractivity contribution in [2.24, 2.45) is 0 Å². The van der Waals surface area contributed by atoms with Crippen molar-refractivity contribution in [1.29, 1.82) is 0 Å². The number of rotatable bonds is 8. The van der Waals surface area contributed by atoms with Crippen molar-refractivity contribution in [2.75, 3.05) is 14.2 Å². The topological polar surface area (TPSA) is 107 Å². The number of pyridine rings is 1. The largest absolute Gasteiger partial charge is 0.497 e. The minimum atomic E-state index is -3.63. The molecule has 3 rings (SSSR count). The number of nitrogens with zero attached hydrogens (tertiary/aromatic N) is 1. The smallest absolute Gasteiger partial charge is 0.251 e. The van der Waals surface area contributed by atoms with Gasteiger partial charge in [-0.3, -0.25) is 4.79 Å². The lowest BCUT2D eigenvalue weighted by Crippen LogP contribution is -2.25. The first-order chi connectivity index (χ1) is 14.8. The highest BCUT2D eigenvalue weighted by Crippen LogP contribution is 2.24. The number of carbonyl (C=O) groups is 1. The summed E-state index contributed by atoms with van der Waals surface area (Å²) in [6.45, 7) is 1.98. The Morgan fingerprint density at radius 3 is 2.52 bits per heavy atom. The van der Waals surface area contributed by atoms with Crippen LogP contribution in [0.4, 0.5) is 0 Å². The van der Waals surface area contributed by atoms with E-state index >= 15 is 0 Å². The van der Waals surface area contributed by atoms with E-state index in [-0.39, 0.29) is 17.3 Å². The maximum Gasteiger partial charge on any atom is 0.251 e. The first kappa shape index (κ1) is 22.3. The van der Waals surface area contributed by atoms with Crippen molar-refractivity contribution in [3.63, 3.8) is 0 Å². The lowest BCUT2D eigenvalue weighted by Gasteiger charge is -2.11. The van der Waals surface area contributed by atoms with Crippen LogP contribution in [0.5, 0.6) is 17.4 Å². The molecule has 0 saturated heterocycles. The number of aromatic nitrogens is 1. The van der Waals surface area contributed by atoms with Gasteiger partial charge in [-0.25, -0.2) is 18.1 Å². The van der Waals surface area contributed by atoms with Gasteiger partial charge in [0.2, 0.25) is 15.9 Å². The van der Waals surface area contributed by atoms with Crippen LogP contribution >= 0.6 is 0 Å². The zero-order chi connectivity index (χ0) is 22.4. The maximum atomic E-state index is 12.6.